The zero-order valence-electron chi connectivity index (χ0n) is 24.9. The van der Waals surface area contributed by atoms with Crippen molar-refractivity contribution in [2.75, 3.05) is 0 Å². The van der Waals surface area contributed by atoms with Gasteiger partial charge in [0.1, 0.15) is 0 Å². The highest BCUT2D eigenvalue weighted by Gasteiger charge is 2.22. The van der Waals surface area contributed by atoms with Gasteiger partial charge in [0.25, 0.3) is 0 Å². The van der Waals surface area contributed by atoms with E-state index in [4.69, 9.17) is 0 Å². The summed E-state index contributed by atoms with van der Waals surface area (Å²) in [5.41, 5.74) is 15.4. The second-order valence-corrected chi connectivity index (χ2v) is 12.3. The molecule has 9 rings (SSSR count). The lowest BCUT2D eigenvalue weighted by Crippen LogP contribution is -1.93. The van der Waals surface area contributed by atoms with Crippen LogP contribution in [0.3, 0.4) is 0 Å². The van der Waals surface area contributed by atoms with Gasteiger partial charge in [-0.05, 0) is 103 Å². The summed E-state index contributed by atoms with van der Waals surface area (Å²) in [6, 6.07) is 54.0. The maximum absolute atomic E-state index is 2.41. The van der Waals surface area contributed by atoms with Crippen LogP contribution in [0.1, 0.15) is 25.3 Å². The standard InChI is InChI=1S/C43H31N/c1-27(2)28-15-17-29(18-16-28)30-19-23-41-39(25-30)40-26-31(20-24-42(40)44(41)32-9-4-3-5-10-32)33-21-22-38-35-12-7-6-11-34(35)37-14-8-13-36(33)43(37)38/h3-27H,1-2H3. The predicted molar refractivity (Wildman–Crippen MR) is 188 cm³/mol. The molecule has 0 N–H and O–H groups in total. The third-order valence-corrected chi connectivity index (χ3v) is 9.55. The Morgan fingerprint density at radius 1 is 0.409 bits per heavy atom. The Bertz CT molecular complexity index is 2360. The van der Waals surface area contributed by atoms with Gasteiger partial charge in [0.2, 0.25) is 0 Å². The minimum absolute atomic E-state index is 0.522. The number of aromatic nitrogens is 1. The summed E-state index contributed by atoms with van der Waals surface area (Å²) in [6.45, 7) is 4.50. The fourth-order valence-corrected chi connectivity index (χ4v) is 7.35. The van der Waals surface area contributed by atoms with Gasteiger partial charge >= 0.3 is 0 Å². The molecule has 1 heteroatoms. The van der Waals surface area contributed by atoms with E-state index in [2.05, 4.69) is 164 Å². The molecule has 0 bridgehead atoms. The number of rotatable bonds is 4. The summed E-state index contributed by atoms with van der Waals surface area (Å²) in [7, 11) is 0. The quantitative estimate of drug-likeness (QED) is 0.201. The first-order chi connectivity index (χ1) is 21.7. The first kappa shape index (κ1) is 25.1. The summed E-state index contributed by atoms with van der Waals surface area (Å²) in [5.74, 6) is 0.522. The normalized spacial score (nSPS) is 12.1. The summed E-state index contributed by atoms with van der Waals surface area (Å²) in [6.07, 6.45) is 0. The summed E-state index contributed by atoms with van der Waals surface area (Å²) in [4.78, 5) is 0. The van der Waals surface area contributed by atoms with Gasteiger partial charge in [0.05, 0.1) is 11.0 Å². The van der Waals surface area contributed by atoms with Crippen LogP contribution >= 0.6 is 0 Å². The number of para-hydroxylation sites is 1. The highest BCUT2D eigenvalue weighted by Crippen LogP contribution is 2.49. The van der Waals surface area contributed by atoms with E-state index in [-0.39, 0.29) is 0 Å². The van der Waals surface area contributed by atoms with Crippen molar-refractivity contribution in [2.45, 2.75) is 19.8 Å². The largest absolute Gasteiger partial charge is 0.309 e. The van der Waals surface area contributed by atoms with Crippen LogP contribution in [-0.2, 0) is 0 Å². The molecule has 1 aromatic heterocycles. The van der Waals surface area contributed by atoms with Crippen LogP contribution in [0.4, 0.5) is 0 Å². The van der Waals surface area contributed by atoms with Gasteiger partial charge in [-0.1, -0.05) is 123 Å². The topological polar surface area (TPSA) is 4.93 Å². The molecule has 0 unspecified atom stereocenters. The molecule has 208 valence electrons. The SMILES string of the molecule is CC(C)c1ccc(-c2ccc3c(c2)c2cc(-c4ccc5c6c(cccc46)-c4ccccc4-5)ccc2n3-c2ccccc2)cc1. The van der Waals surface area contributed by atoms with Crippen molar-refractivity contribution in [1.29, 1.82) is 0 Å². The van der Waals surface area contributed by atoms with Crippen LogP contribution in [-0.4, -0.2) is 4.57 Å². The average Bonchev–Trinajstić information content (AvgIpc) is 3.58. The zero-order chi connectivity index (χ0) is 29.4. The van der Waals surface area contributed by atoms with Crippen molar-refractivity contribution >= 4 is 32.6 Å². The number of fused-ring (bicyclic) bond motifs is 6. The van der Waals surface area contributed by atoms with Gasteiger partial charge in [-0.15, -0.1) is 0 Å². The Balaban J connectivity index is 1.28. The molecule has 0 atom stereocenters. The lowest BCUT2D eigenvalue weighted by Gasteiger charge is -2.11. The van der Waals surface area contributed by atoms with E-state index in [1.807, 2.05) is 0 Å². The van der Waals surface area contributed by atoms with Gasteiger partial charge in [0.15, 0.2) is 0 Å². The van der Waals surface area contributed by atoms with E-state index < -0.39 is 0 Å². The predicted octanol–water partition coefficient (Wildman–Crippen LogP) is 12.0. The van der Waals surface area contributed by atoms with Gasteiger partial charge in [-0.2, -0.15) is 0 Å². The molecule has 7 aromatic carbocycles. The van der Waals surface area contributed by atoms with Gasteiger partial charge in [0, 0.05) is 16.5 Å². The van der Waals surface area contributed by atoms with E-state index in [1.165, 1.54) is 88.3 Å². The second-order valence-electron chi connectivity index (χ2n) is 12.3. The molecule has 44 heavy (non-hydrogen) atoms. The van der Waals surface area contributed by atoms with Crippen molar-refractivity contribution in [3.63, 3.8) is 0 Å². The molecule has 0 radical (unpaired) electrons. The molecule has 1 heterocycles. The zero-order valence-corrected chi connectivity index (χ0v) is 24.9. The van der Waals surface area contributed by atoms with Crippen LogP contribution in [0, 0.1) is 0 Å². The van der Waals surface area contributed by atoms with E-state index in [0.717, 1.165) is 0 Å². The van der Waals surface area contributed by atoms with E-state index >= 15 is 0 Å². The highest BCUT2D eigenvalue weighted by atomic mass is 15.0. The van der Waals surface area contributed by atoms with Gasteiger partial charge in [-0.25, -0.2) is 0 Å². The van der Waals surface area contributed by atoms with Crippen molar-refractivity contribution in [3.05, 3.63) is 151 Å². The van der Waals surface area contributed by atoms with Crippen LogP contribution in [0.15, 0.2) is 146 Å². The first-order valence-corrected chi connectivity index (χ1v) is 15.6. The van der Waals surface area contributed by atoms with Crippen LogP contribution in [0.2, 0.25) is 0 Å². The fraction of sp³-hybridized carbons (Fsp3) is 0.0698. The van der Waals surface area contributed by atoms with Crippen molar-refractivity contribution in [2.24, 2.45) is 0 Å². The molecule has 0 spiro atoms. The number of hydrogen-bond acceptors (Lipinski definition) is 0. The Morgan fingerprint density at radius 2 is 0.977 bits per heavy atom. The molecule has 0 saturated heterocycles. The Labute approximate surface area is 257 Å². The van der Waals surface area contributed by atoms with Crippen LogP contribution in [0.5, 0.6) is 0 Å². The first-order valence-electron chi connectivity index (χ1n) is 15.6. The monoisotopic (exact) mass is 561 g/mol. The van der Waals surface area contributed by atoms with E-state index in [9.17, 15) is 0 Å². The maximum Gasteiger partial charge on any atom is 0.0541 e. The third-order valence-electron chi connectivity index (χ3n) is 9.55. The Morgan fingerprint density at radius 3 is 1.68 bits per heavy atom. The Kier molecular flexibility index (Phi) is 5.46. The molecular formula is C43H31N. The Hall–Kier alpha value is -5.40. The number of hydrogen-bond donors (Lipinski definition) is 0. The minimum Gasteiger partial charge on any atom is -0.309 e. The van der Waals surface area contributed by atoms with E-state index in [0.29, 0.717) is 5.92 Å². The molecule has 0 saturated carbocycles. The molecular weight excluding hydrogens is 530 g/mol. The molecule has 1 nitrogen and oxygen atoms in total. The summed E-state index contributed by atoms with van der Waals surface area (Å²) >= 11 is 0. The smallest absolute Gasteiger partial charge is 0.0541 e. The second kappa shape index (κ2) is 9.56. The molecule has 1 aliphatic rings. The summed E-state index contributed by atoms with van der Waals surface area (Å²) in [5, 5.41) is 5.22. The molecule has 8 aromatic rings. The van der Waals surface area contributed by atoms with Gasteiger partial charge < -0.3 is 4.57 Å². The maximum atomic E-state index is 2.41. The lowest BCUT2D eigenvalue weighted by molar-refractivity contribution is 0.867. The average molecular weight is 562 g/mol. The molecule has 0 aliphatic heterocycles. The van der Waals surface area contributed by atoms with E-state index in [1.54, 1.807) is 0 Å². The summed E-state index contributed by atoms with van der Waals surface area (Å²) < 4.78 is 2.41. The lowest BCUT2D eigenvalue weighted by atomic mass is 9.93. The van der Waals surface area contributed by atoms with Gasteiger partial charge in [-0.3, -0.25) is 0 Å². The van der Waals surface area contributed by atoms with Crippen LogP contribution < -0.4 is 0 Å². The number of nitrogens with zero attached hydrogens (tertiary/aromatic N) is 1. The van der Waals surface area contributed by atoms with Crippen LogP contribution in [0.25, 0.3) is 82.8 Å². The minimum atomic E-state index is 0.522. The van der Waals surface area contributed by atoms with Crippen molar-refractivity contribution < 1.29 is 0 Å². The highest BCUT2D eigenvalue weighted by molar-refractivity contribution is 6.19. The molecule has 1 aliphatic carbocycles. The molecule has 0 fully saturated rings. The van der Waals surface area contributed by atoms with Crippen molar-refractivity contribution in [3.8, 4) is 50.2 Å². The number of benzene rings is 7. The fourth-order valence-electron chi connectivity index (χ4n) is 7.35. The third kappa shape index (κ3) is 3.66. The molecule has 0 amide bonds. The van der Waals surface area contributed by atoms with Crippen molar-refractivity contribution in [1.82, 2.24) is 4.57 Å².